The third-order valence-electron chi connectivity index (χ3n) is 1.62. The topological polar surface area (TPSA) is 64.5 Å². The predicted octanol–water partition coefficient (Wildman–Crippen LogP) is 0.257. The van der Waals surface area contributed by atoms with E-state index in [4.69, 9.17) is 9.90 Å². The average Bonchev–Trinajstić information content (AvgIpc) is 2.43. The number of rotatable bonds is 0. The normalized spacial score (nSPS) is 9.47. The van der Waals surface area contributed by atoms with Gasteiger partial charge in [-0.3, -0.25) is 0 Å². The highest BCUT2D eigenvalue weighted by Gasteiger charge is 2.14. The van der Waals surface area contributed by atoms with Crippen LogP contribution in [0.1, 0.15) is 11.8 Å². The fourth-order valence-electron chi connectivity index (χ4n) is 1.06. The van der Waals surface area contributed by atoms with Gasteiger partial charge in [0.1, 0.15) is 4.88 Å². The molecule has 0 saturated carbocycles. The molecule has 0 atom stereocenters. The van der Waals surface area contributed by atoms with Gasteiger partial charge in [-0.1, -0.05) is 11.3 Å². The minimum Gasteiger partial charge on any atom is -0.550 e. The molecule has 2 aromatic heterocycles. The number of nitrogens with zero attached hydrogens (tertiary/aromatic N) is 1. The Labute approximate surface area is 91.1 Å². The summed E-state index contributed by atoms with van der Waals surface area (Å²) in [7, 11) is 0. The Bertz CT molecular complexity index is 474. The molecule has 2 aromatic rings. The van der Waals surface area contributed by atoms with Crippen LogP contribution < -0.4 is 9.51 Å². The summed E-state index contributed by atoms with van der Waals surface area (Å²) >= 11 is 1.59. The van der Waals surface area contributed by atoms with Gasteiger partial charge in [-0.05, 0) is 19.9 Å². The molecule has 0 saturated heterocycles. The molecular formula is C10H11NO3S. The molecule has 5 heteroatoms. The molecule has 0 unspecified atom stereocenters. The fraction of sp³-hybridized carbons (Fsp3) is 0.200. The van der Waals surface area contributed by atoms with Gasteiger partial charge >= 0.3 is 5.88 Å². The number of pyridine rings is 1. The van der Waals surface area contributed by atoms with E-state index >= 15 is 0 Å². The number of carboxylic acids is 1. The van der Waals surface area contributed by atoms with Crippen LogP contribution in [-0.4, -0.2) is 11.1 Å². The van der Waals surface area contributed by atoms with Crippen molar-refractivity contribution in [1.82, 2.24) is 0 Å². The van der Waals surface area contributed by atoms with E-state index in [1.807, 2.05) is 31.3 Å². The molecule has 2 rings (SSSR count). The van der Waals surface area contributed by atoms with E-state index in [2.05, 4.69) is 0 Å². The monoisotopic (exact) mass is 225 g/mol. The third-order valence-corrected chi connectivity index (χ3v) is 2.65. The molecular weight excluding hydrogens is 214 g/mol. The molecule has 0 fully saturated rings. The Morgan fingerprint density at radius 2 is 2.13 bits per heavy atom. The molecule has 0 aromatic carbocycles. The van der Waals surface area contributed by atoms with Gasteiger partial charge in [0, 0.05) is 18.1 Å². The number of aliphatic carboxylic acids is 1. The van der Waals surface area contributed by atoms with E-state index in [9.17, 15) is 5.11 Å². The van der Waals surface area contributed by atoms with Crippen LogP contribution in [0, 0.1) is 6.92 Å². The van der Waals surface area contributed by atoms with Crippen molar-refractivity contribution in [2.24, 2.45) is 0 Å². The van der Waals surface area contributed by atoms with Gasteiger partial charge in [0.15, 0.2) is 6.20 Å². The van der Waals surface area contributed by atoms with E-state index in [1.165, 1.54) is 0 Å². The molecule has 0 spiro atoms. The van der Waals surface area contributed by atoms with E-state index in [1.54, 1.807) is 15.7 Å². The second kappa shape index (κ2) is 4.75. The maximum Gasteiger partial charge on any atom is 0.385 e. The molecule has 4 nitrogen and oxygen atoms in total. The number of fused-ring (bicyclic) bond motifs is 1. The number of aromatic hydroxyl groups is 1. The summed E-state index contributed by atoms with van der Waals surface area (Å²) in [6, 6.07) is 5.85. The van der Waals surface area contributed by atoms with Crippen LogP contribution in [0.15, 0.2) is 24.4 Å². The number of thiazole rings is 1. The van der Waals surface area contributed by atoms with Crippen LogP contribution in [0.3, 0.4) is 0 Å². The van der Waals surface area contributed by atoms with Crippen LogP contribution in [0.4, 0.5) is 0 Å². The van der Waals surface area contributed by atoms with E-state index in [0.29, 0.717) is 5.88 Å². The molecule has 2 heterocycles. The van der Waals surface area contributed by atoms with Gasteiger partial charge in [-0.25, -0.2) is 0 Å². The highest BCUT2D eigenvalue weighted by atomic mass is 32.1. The molecule has 0 radical (unpaired) electrons. The number of carbonyl (C=O) groups is 1. The largest absolute Gasteiger partial charge is 0.550 e. The number of aryl methyl sites for hydroxylation is 1. The van der Waals surface area contributed by atoms with Gasteiger partial charge in [0.25, 0.3) is 4.83 Å². The maximum absolute atomic E-state index is 9.47. The van der Waals surface area contributed by atoms with Crippen molar-refractivity contribution < 1.29 is 19.4 Å². The number of hydrogen-bond acceptors (Lipinski definition) is 4. The van der Waals surface area contributed by atoms with Crippen LogP contribution in [0.5, 0.6) is 5.88 Å². The Balaban J connectivity index is 0.000000245. The second-order valence-electron chi connectivity index (χ2n) is 2.88. The van der Waals surface area contributed by atoms with E-state index < -0.39 is 5.97 Å². The number of hydrogen-bond donors (Lipinski definition) is 1. The van der Waals surface area contributed by atoms with Crippen molar-refractivity contribution >= 4 is 22.1 Å². The highest BCUT2D eigenvalue weighted by Crippen LogP contribution is 2.20. The van der Waals surface area contributed by atoms with Crippen molar-refractivity contribution in [3.8, 4) is 5.88 Å². The fourth-order valence-corrected chi connectivity index (χ4v) is 1.95. The van der Waals surface area contributed by atoms with Crippen LogP contribution >= 0.6 is 11.3 Å². The summed E-state index contributed by atoms with van der Waals surface area (Å²) < 4.78 is 1.78. The van der Waals surface area contributed by atoms with Crippen LogP contribution in [-0.2, 0) is 4.79 Å². The summed E-state index contributed by atoms with van der Waals surface area (Å²) in [5.41, 5.74) is 0. The summed E-state index contributed by atoms with van der Waals surface area (Å²) in [5.74, 6) is -0.731. The van der Waals surface area contributed by atoms with E-state index in [0.717, 1.165) is 16.6 Å². The standard InChI is InChI=1S/C8H7NOS.C2H4O2/c1-6-8(10)9-5-3-2-4-7(9)11-6;1-2(3)4/h2-5H,1H3;1H3,(H,3,4). The quantitative estimate of drug-likeness (QED) is 0.654. The summed E-state index contributed by atoms with van der Waals surface area (Å²) in [6.45, 7) is 2.88. The lowest BCUT2D eigenvalue weighted by molar-refractivity contribution is -0.518. The molecule has 15 heavy (non-hydrogen) atoms. The molecule has 0 aliphatic heterocycles. The average molecular weight is 225 g/mol. The predicted molar refractivity (Wildman–Crippen MR) is 54.6 cm³/mol. The number of carbonyl (C=O) groups excluding carboxylic acids is 1. The maximum atomic E-state index is 9.47. The lowest BCUT2D eigenvalue weighted by Crippen LogP contribution is -2.16. The first kappa shape index (κ1) is 11.5. The minimum atomic E-state index is -1.08. The Kier molecular flexibility index (Phi) is 3.62. The molecule has 1 N–H and O–H groups in total. The van der Waals surface area contributed by atoms with Crippen LogP contribution in [0.2, 0.25) is 0 Å². The highest BCUT2D eigenvalue weighted by molar-refractivity contribution is 7.17. The second-order valence-corrected chi connectivity index (χ2v) is 4.12. The van der Waals surface area contributed by atoms with Crippen molar-refractivity contribution in [1.29, 1.82) is 0 Å². The molecule has 0 amide bonds. The number of aromatic nitrogens is 1. The molecule has 0 bridgehead atoms. The first-order valence-electron chi connectivity index (χ1n) is 4.28. The third kappa shape index (κ3) is 2.92. The first-order chi connectivity index (χ1) is 7.02. The van der Waals surface area contributed by atoms with Gasteiger partial charge in [0.2, 0.25) is 0 Å². The summed E-state index contributed by atoms with van der Waals surface area (Å²) in [5, 5.41) is 18.4. The smallest absolute Gasteiger partial charge is 0.385 e. The van der Waals surface area contributed by atoms with Crippen molar-refractivity contribution in [2.45, 2.75) is 13.8 Å². The molecule has 0 aliphatic rings. The van der Waals surface area contributed by atoms with Crippen molar-refractivity contribution in [2.75, 3.05) is 0 Å². The molecule has 80 valence electrons. The van der Waals surface area contributed by atoms with Crippen molar-refractivity contribution in [3.63, 3.8) is 0 Å². The van der Waals surface area contributed by atoms with Gasteiger partial charge in [-0.2, -0.15) is 0 Å². The van der Waals surface area contributed by atoms with Gasteiger partial charge in [-0.15, -0.1) is 4.40 Å². The minimum absolute atomic E-state index is 0.352. The Morgan fingerprint density at radius 1 is 1.53 bits per heavy atom. The summed E-state index contributed by atoms with van der Waals surface area (Å²) in [6.07, 6.45) is 1.86. The zero-order valence-electron chi connectivity index (χ0n) is 8.43. The molecule has 0 aliphatic carbocycles. The summed E-state index contributed by atoms with van der Waals surface area (Å²) in [4.78, 5) is 10.9. The zero-order chi connectivity index (χ0) is 11.4. The Morgan fingerprint density at radius 3 is 2.67 bits per heavy atom. The lowest BCUT2D eigenvalue weighted by Gasteiger charge is -1.79. The van der Waals surface area contributed by atoms with Crippen LogP contribution in [0.25, 0.3) is 4.83 Å². The van der Waals surface area contributed by atoms with Crippen molar-refractivity contribution in [3.05, 3.63) is 29.3 Å². The lowest BCUT2D eigenvalue weighted by atomic mass is 10.5. The zero-order valence-corrected chi connectivity index (χ0v) is 9.25. The first-order valence-corrected chi connectivity index (χ1v) is 5.10. The van der Waals surface area contributed by atoms with Gasteiger partial charge < -0.3 is 15.0 Å². The van der Waals surface area contributed by atoms with Gasteiger partial charge in [0.05, 0.1) is 0 Å². The van der Waals surface area contributed by atoms with E-state index in [-0.39, 0.29) is 0 Å². The SMILES string of the molecule is CC(=O)[O-].Cc1sc2cccc[n+]2c1O. The number of carboxylic acid groups (broad SMARTS) is 1. The Hall–Kier alpha value is -1.62.